The van der Waals surface area contributed by atoms with Gasteiger partial charge in [0.2, 0.25) is 0 Å². The van der Waals surface area contributed by atoms with E-state index in [1.807, 2.05) is 34.9 Å². The van der Waals surface area contributed by atoms with Crippen LogP contribution in [0.4, 0.5) is 0 Å². The molecule has 20 heavy (non-hydrogen) atoms. The summed E-state index contributed by atoms with van der Waals surface area (Å²) in [7, 11) is 0. The molecule has 1 aromatic heterocycles. The number of carboxylic acids is 1. The van der Waals surface area contributed by atoms with Gasteiger partial charge in [-0.2, -0.15) is 0 Å². The molecule has 0 amide bonds. The van der Waals surface area contributed by atoms with Gasteiger partial charge in [-0.1, -0.05) is 31.0 Å². The van der Waals surface area contributed by atoms with E-state index >= 15 is 0 Å². The van der Waals surface area contributed by atoms with Crippen LogP contribution < -0.4 is 0 Å². The predicted molar refractivity (Wildman–Crippen MR) is 73.6 cm³/mol. The van der Waals surface area contributed by atoms with Crippen molar-refractivity contribution in [3.8, 4) is 5.69 Å². The molecule has 0 radical (unpaired) electrons. The van der Waals surface area contributed by atoms with E-state index in [9.17, 15) is 9.90 Å². The summed E-state index contributed by atoms with van der Waals surface area (Å²) in [4.78, 5) is 11.6. The maximum absolute atomic E-state index is 11.6. The van der Waals surface area contributed by atoms with Crippen molar-refractivity contribution in [3.05, 3.63) is 42.5 Å². The highest BCUT2D eigenvalue weighted by atomic mass is 16.4. The number of carbonyl (C=O) groups is 1. The van der Waals surface area contributed by atoms with E-state index in [0.717, 1.165) is 37.2 Å². The average Bonchev–Trinajstić information content (AvgIpc) is 3.10. The van der Waals surface area contributed by atoms with Crippen molar-refractivity contribution in [2.45, 2.75) is 32.1 Å². The van der Waals surface area contributed by atoms with Gasteiger partial charge in [-0.05, 0) is 25.0 Å². The number of carboxylic acid groups (broad SMARTS) is 1. The van der Waals surface area contributed by atoms with Gasteiger partial charge in [0.15, 0.2) is 0 Å². The molecule has 0 atom stereocenters. The Hall–Kier alpha value is -2.17. The zero-order valence-corrected chi connectivity index (χ0v) is 11.2. The van der Waals surface area contributed by atoms with Crippen molar-refractivity contribution < 1.29 is 9.90 Å². The molecule has 2 aromatic rings. The summed E-state index contributed by atoms with van der Waals surface area (Å²) in [5, 5.41) is 17.7. The first-order valence-electron chi connectivity index (χ1n) is 6.89. The molecule has 1 N–H and O–H groups in total. The lowest BCUT2D eigenvalue weighted by Gasteiger charge is -2.23. The van der Waals surface area contributed by atoms with E-state index in [-0.39, 0.29) is 0 Å². The van der Waals surface area contributed by atoms with Crippen molar-refractivity contribution in [2.24, 2.45) is 5.41 Å². The molecule has 0 unspecified atom stereocenters. The molecule has 5 nitrogen and oxygen atoms in total. The van der Waals surface area contributed by atoms with Crippen LogP contribution in [0.25, 0.3) is 5.69 Å². The molecule has 1 aromatic carbocycles. The summed E-state index contributed by atoms with van der Waals surface area (Å²) in [6.45, 7) is 0. The lowest BCUT2D eigenvalue weighted by Crippen LogP contribution is -2.31. The Morgan fingerprint density at radius 2 is 1.95 bits per heavy atom. The Labute approximate surface area is 117 Å². The number of benzene rings is 1. The van der Waals surface area contributed by atoms with E-state index < -0.39 is 11.4 Å². The quantitative estimate of drug-likeness (QED) is 0.927. The summed E-state index contributed by atoms with van der Waals surface area (Å²) in [6.07, 6.45) is 5.50. The number of aromatic nitrogens is 3. The summed E-state index contributed by atoms with van der Waals surface area (Å²) in [5.74, 6) is 0.0121. The maximum atomic E-state index is 11.6. The zero-order valence-electron chi connectivity index (χ0n) is 11.2. The topological polar surface area (TPSA) is 68.0 Å². The van der Waals surface area contributed by atoms with Gasteiger partial charge >= 0.3 is 5.97 Å². The van der Waals surface area contributed by atoms with Gasteiger partial charge in [0.1, 0.15) is 12.2 Å². The molecule has 0 spiro atoms. The first-order chi connectivity index (χ1) is 9.71. The minimum Gasteiger partial charge on any atom is -0.481 e. The first-order valence-corrected chi connectivity index (χ1v) is 6.89. The molecule has 1 aliphatic carbocycles. The Bertz CT molecular complexity index is 601. The Morgan fingerprint density at radius 1 is 1.25 bits per heavy atom. The Balaban J connectivity index is 1.93. The first kappa shape index (κ1) is 12.8. The van der Waals surface area contributed by atoms with Crippen LogP contribution in [-0.4, -0.2) is 25.8 Å². The van der Waals surface area contributed by atoms with Crippen LogP contribution in [0.2, 0.25) is 0 Å². The maximum Gasteiger partial charge on any atom is 0.310 e. The lowest BCUT2D eigenvalue weighted by atomic mass is 9.82. The fourth-order valence-electron chi connectivity index (χ4n) is 3.00. The van der Waals surface area contributed by atoms with Gasteiger partial charge in [-0.25, -0.2) is 0 Å². The molecule has 1 fully saturated rings. The normalized spacial score (nSPS) is 17.2. The Morgan fingerprint density at radius 3 is 2.60 bits per heavy atom. The van der Waals surface area contributed by atoms with Gasteiger partial charge in [-0.3, -0.25) is 9.36 Å². The molecular weight excluding hydrogens is 254 g/mol. The number of aliphatic carboxylic acids is 1. The third kappa shape index (κ3) is 2.19. The summed E-state index contributed by atoms with van der Waals surface area (Å²) >= 11 is 0. The average molecular weight is 271 g/mol. The number of nitrogens with zero attached hydrogens (tertiary/aromatic N) is 3. The molecule has 0 saturated heterocycles. The standard InChI is InChI=1S/C15H17N3O2/c19-14(20)15(8-4-5-9-15)10-13-17-16-11-18(13)12-6-2-1-3-7-12/h1-3,6-7,11H,4-5,8-10H2,(H,19,20). The molecular formula is C15H17N3O2. The predicted octanol–water partition coefficient (Wildman–Crippen LogP) is 2.45. The number of rotatable bonds is 4. The number of hydrogen-bond donors (Lipinski definition) is 1. The minimum absolute atomic E-state index is 0.442. The van der Waals surface area contributed by atoms with E-state index in [1.54, 1.807) is 6.33 Å². The second-order valence-electron chi connectivity index (χ2n) is 5.42. The highest BCUT2D eigenvalue weighted by Gasteiger charge is 2.42. The van der Waals surface area contributed by atoms with Crippen molar-refractivity contribution >= 4 is 5.97 Å². The molecule has 1 aliphatic rings. The lowest BCUT2D eigenvalue weighted by molar-refractivity contribution is -0.148. The van der Waals surface area contributed by atoms with Crippen LogP contribution in [0, 0.1) is 5.41 Å². The molecule has 1 heterocycles. The number of hydrogen-bond acceptors (Lipinski definition) is 3. The molecule has 104 valence electrons. The van der Waals surface area contributed by atoms with Crippen LogP contribution >= 0.6 is 0 Å². The molecule has 0 aliphatic heterocycles. The van der Waals surface area contributed by atoms with Gasteiger partial charge in [0.25, 0.3) is 0 Å². The second-order valence-corrected chi connectivity index (χ2v) is 5.42. The van der Waals surface area contributed by atoms with E-state index in [4.69, 9.17) is 0 Å². The van der Waals surface area contributed by atoms with Gasteiger partial charge < -0.3 is 5.11 Å². The third-order valence-corrected chi connectivity index (χ3v) is 4.16. The summed E-state index contributed by atoms with van der Waals surface area (Å²) in [5.41, 5.74) is 0.297. The highest BCUT2D eigenvalue weighted by Crippen LogP contribution is 2.41. The zero-order chi connectivity index (χ0) is 14.0. The van der Waals surface area contributed by atoms with E-state index in [0.29, 0.717) is 6.42 Å². The summed E-state index contributed by atoms with van der Waals surface area (Å²) in [6, 6.07) is 9.77. The van der Waals surface area contributed by atoms with Crippen LogP contribution in [0.15, 0.2) is 36.7 Å². The van der Waals surface area contributed by atoms with Gasteiger partial charge in [0, 0.05) is 12.1 Å². The molecule has 1 saturated carbocycles. The van der Waals surface area contributed by atoms with Crippen LogP contribution in [0.5, 0.6) is 0 Å². The SMILES string of the molecule is O=C(O)C1(Cc2nncn2-c2ccccc2)CCCC1. The van der Waals surface area contributed by atoms with Crippen LogP contribution in [0.1, 0.15) is 31.5 Å². The Kier molecular flexibility index (Phi) is 3.26. The fraction of sp³-hybridized carbons (Fsp3) is 0.400. The fourth-order valence-corrected chi connectivity index (χ4v) is 3.00. The van der Waals surface area contributed by atoms with Crippen molar-refractivity contribution in [3.63, 3.8) is 0 Å². The van der Waals surface area contributed by atoms with Gasteiger partial charge in [-0.15, -0.1) is 10.2 Å². The third-order valence-electron chi connectivity index (χ3n) is 4.16. The smallest absolute Gasteiger partial charge is 0.310 e. The molecule has 3 rings (SSSR count). The number of para-hydroxylation sites is 1. The van der Waals surface area contributed by atoms with Gasteiger partial charge in [0.05, 0.1) is 5.41 Å². The van der Waals surface area contributed by atoms with Crippen molar-refractivity contribution in [1.82, 2.24) is 14.8 Å². The highest BCUT2D eigenvalue weighted by molar-refractivity contribution is 5.75. The summed E-state index contributed by atoms with van der Waals surface area (Å²) < 4.78 is 1.88. The van der Waals surface area contributed by atoms with Crippen LogP contribution in [-0.2, 0) is 11.2 Å². The van der Waals surface area contributed by atoms with Crippen LogP contribution in [0.3, 0.4) is 0 Å². The molecule has 5 heteroatoms. The van der Waals surface area contributed by atoms with Crippen molar-refractivity contribution in [1.29, 1.82) is 0 Å². The van der Waals surface area contributed by atoms with E-state index in [2.05, 4.69) is 10.2 Å². The largest absolute Gasteiger partial charge is 0.481 e. The minimum atomic E-state index is -0.711. The van der Waals surface area contributed by atoms with Crippen molar-refractivity contribution in [2.75, 3.05) is 0 Å². The van der Waals surface area contributed by atoms with E-state index in [1.165, 1.54) is 0 Å². The monoisotopic (exact) mass is 271 g/mol. The second kappa shape index (κ2) is 5.07. The molecule has 0 bridgehead atoms.